The van der Waals surface area contributed by atoms with Crippen molar-refractivity contribution < 1.29 is 9.21 Å². The van der Waals surface area contributed by atoms with Gasteiger partial charge in [0.05, 0.1) is 22.2 Å². The molecule has 1 amide bonds. The van der Waals surface area contributed by atoms with Gasteiger partial charge in [0.15, 0.2) is 0 Å². The van der Waals surface area contributed by atoms with Gasteiger partial charge in [0.2, 0.25) is 5.91 Å². The number of halogens is 1. The number of hydrogen-bond acceptors (Lipinski definition) is 3. The highest BCUT2D eigenvalue weighted by Gasteiger charge is 2.28. The highest BCUT2D eigenvalue weighted by Crippen LogP contribution is 2.25. The van der Waals surface area contributed by atoms with E-state index >= 15 is 0 Å². The van der Waals surface area contributed by atoms with Crippen molar-refractivity contribution in [3.8, 4) is 0 Å². The number of hydrogen-bond donors (Lipinski definition) is 2. The zero-order valence-corrected chi connectivity index (χ0v) is 12.9. The van der Waals surface area contributed by atoms with E-state index in [1.165, 1.54) is 0 Å². The van der Waals surface area contributed by atoms with Gasteiger partial charge >= 0.3 is 0 Å². The van der Waals surface area contributed by atoms with E-state index in [9.17, 15) is 4.79 Å². The number of carbonyl (C=O) groups is 1. The molecule has 0 fully saturated rings. The van der Waals surface area contributed by atoms with E-state index in [1.807, 2.05) is 33.8 Å². The van der Waals surface area contributed by atoms with Crippen molar-refractivity contribution >= 4 is 21.8 Å². The zero-order valence-electron chi connectivity index (χ0n) is 11.3. The predicted octanol–water partition coefficient (Wildman–Crippen LogP) is 2.86. The van der Waals surface area contributed by atoms with E-state index in [1.54, 1.807) is 6.26 Å². The van der Waals surface area contributed by atoms with E-state index in [2.05, 4.69) is 26.6 Å². The molecule has 1 atom stereocenters. The van der Waals surface area contributed by atoms with Crippen LogP contribution in [0.1, 0.15) is 39.5 Å². The summed E-state index contributed by atoms with van der Waals surface area (Å²) in [6, 6.07) is 1.92. The second-order valence-corrected chi connectivity index (χ2v) is 5.83. The fraction of sp³-hybridized carbons (Fsp3) is 0.615. The van der Waals surface area contributed by atoms with Crippen molar-refractivity contribution in [2.24, 2.45) is 5.41 Å². The maximum absolute atomic E-state index is 11.8. The van der Waals surface area contributed by atoms with Crippen LogP contribution in [0.3, 0.4) is 0 Å². The summed E-state index contributed by atoms with van der Waals surface area (Å²) in [5, 5.41) is 6.16. The first kappa shape index (κ1) is 15.2. The van der Waals surface area contributed by atoms with Gasteiger partial charge in [0, 0.05) is 13.1 Å². The summed E-state index contributed by atoms with van der Waals surface area (Å²) in [5.41, 5.74) is -0.441. The number of rotatable bonds is 6. The Morgan fingerprint density at radius 2 is 2.22 bits per heavy atom. The third-order valence-electron chi connectivity index (χ3n) is 2.84. The first-order chi connectivity index (χ1) is 8.38. The first-order valence-corrected chi connectivity index (χ1v) is 6.92. The third kappa shape index (κ3) is 3.85. The number of amides is 1. The van der Waals surface area contributed by atoms with Gasteiger partial charge in [-0.1, -0.05) is 0 Å². The Labute approximate surface area is 117 Å². The quantitative estimate of drug-likeness (QED) is 0.848. The third-order valence-corrected chi connectivity index (χ3v) is 3.50. The Balaban J connectivity index is 2.54. The fourth-order valence-corrected chi connectivity index (χ4v) is 2.14. The van der Waals surface area contributed by atoms with Gasteiger partial charge in [-0.3, -0.25) is 4.79 Å². The Morgan fingerprint density at radius 1 is 1.56 bits per heavy atom. The molecule has 0 saturated carbocycles. The maximum atomic E-state index is 11.8. The summed E-state index contributed by atoms with van der Waals surface area (Å²) in [6.07, 6.45) is 1.65. The van der Waals surface area contributed by atoms with Gasteiger partial charge < -0.3 is 15.1 Å². The largest absolute Gasteiger partial charge is 0.466 e. The molecule has 0 aliphatic rings. The summed E-state index contributed by atoms with van der Waals surface area (Å²) in [6.45, 7) is 9.03. The lowest BCUT2D eigenvalue weighted by Crippen LogP contribution is -2.43. The van der Waals surface area contributed by atoms with E-state index in [4.69, 9.17) is 4.42 Å². The van der Waals surface area contributed by atoms with Crippen molar-refractivity contribution in [3.63, 3.8) is 0 Å². The lowest BCUT2D eigenvalue weighted by molar-refractivity contribution is -0.129. The molecule has 0 bridgehead atoms. The number of nitrogens with one attached hydrogen (secondary N) is 2. The van der Waals surface area contributed by atoms with E-state index in [0.29, 0.717) is 13.1 Å². The van der Waals surface area contributed by atoms with Crippen molar-refractivity contribution in [3.05, 3.63) is 22.6 Å². The minimum absolute atomic E-state index is 0.0584. The molecular weight excluding hydrogens is 296 g/mol. The normalized spacial score (nSPS) is 13.4. The van der Waals surface area contributed by atoms with E-state index in [-0.39, 0.29) is 11.9 Å². The molecule has 18 heavy (non-hydrogen) atoms. The van der Waals surface area contributed by atoms with Crippen LogP contribution in [0.2, 0.25) is 0 Å². The van der Waals surface area contributed by atoms with Crippen LogP contribution in [0.25, 0.3) is 0 Å². The van der Waals surface area contributed by atoms with Crippen molar-refractivity contribution in [2.45, 2.75) is 33.7 Å². The van der Waals surface area contributed by atoms with Crippen LogP contribution in [0.15, 0.2) is 21.2 Å². The van der Waals surface area contributed by atoms with Crippen LogP contribution in [0.5, 0.6) is 0 Å². The molecule has 0 saturated heterocycles. The lowest BCUT2D eigenvalue weighted by atomic mass is 9.92. The van der Waals surface area contributed by atoms with Crippen LogP contribution in [-0.4, -0.2) is 19.0 Å². The van der Waals surface area contributed by atoms with Gasteiger partial charge in [0.1, 0.15) is 5.76 Å². The number of furan rings is 1. The van der Waals surface area contributed by atoms with Crippen LogP contribution >= 0.6 is 15.9 Å². The maximum Gasteiger partial charge on any atom is 0.226 e. The van der Waals surface area contributed by atoms with Crippen LogP contribution < -0.4 is 10.6 Å². The Kier molecular flexibility index (Phi) is 5.41. The monoisotopic (exact) mass is 316 g/mol. The molecule has 0 aliphatic heterocycles. The standard InChI is InChI=1S/C13H21BrN2O2/c1-5-15-12(17)13(3,4)8-16-9(2)11-10(14)6-7-18-11/h6-7,9,16H,5,8H2,1-4H3,(H,15,17)/t9-/m0/s1. The molecule has 4 nitrogen and oxygen atoms in total. The number of carbonyl (C=O) groups excluding carboxylic acids is 1. The molecule has 1 aromatic rings. The van der Waals surface area contributed by atoms with Crippen LogP contribution in [0, 0.1) is 5.41 Å². The molecule has 102 valence electrons. The zero-order chi connectivity index (χ0) is 13.8. The predicted molar refractivity (Wildman–Crippen MR) is 75.3 cm³/mol. The Morgan fingerprint density at radius 3 is 2.72 bits per heavy atom. The van der Waals surface area contributed by atoms with Gasteiger partial charge in [-0.2, -0.15) is 0 Å². The Hall–Kier alpha value is -0.810. The van der Waals surface area contributed by atoms with Gasteiger partial charge in [-0.25, -0.2) is 0 Å². The Bertz CT molecular complexity index is 401. The minimum Gasteiger partial charge on any atom is -0.466 e. The van der Waals surface area contributed by atoms with Gasteiger partial charge in [-0.15, -0.1) is 0 Å². The minimum atomic E-state index is -0.441. The molecule has 0 unspecified atom stereocenters. The SMILES string of the molecule is CCNC(=O)C(C)(C)CN[C@@H](C)c1occc1Br. The highest BCUT2D eigenvalue weighted by molar-refractivity contribution is 9.10. The van der Waals surface area contributed by atoms with Crippen molar-refractivity contribution in [2.75, 3.05) is 13.1 Å². The summed E-state index contributed by atoms with van der Waals surface area (Å²) in [5.74, 6) is 0.907. The molecule has 5 heteroatoms. The fourth-order valence-electron chi connectivity index (χ4n) is 1.60. The second-order valence-electron chi connectivity index (χ2n) is 4.98. The van der Waals surface area contributed by atoms with Crippen LogP contribution in [0.4, 0.5) is 0 Å². The van der Waals surface area contributed by atoms with E-state index in [0.717, 1.165) is 10.2 Å². The molecule has 2 N–H and O–H groups in total. The average molecular weight is 317 g/mol. The molecule has 1 heterocycles. The lowest BCUT2D eigenvalue weighted by Gasteiger charge is -2.25. The molecule has 0 aromatic carbocycles. The van der Waals surface area contributed by atoms with E-state index < -0.39 is 5.41 Å². The van der Waals surface area contributed by atoms with Crippen molar-refractivity contribution in [1.82, 2.24) is 10.6 Å². The average Bonchev–Trinajstić information content (AvgIpc) is 2.73. The smallest absolute Gasteiger partial charge is 0.226 e. The summed E-state index contributed by atoms with van der Waals surface area (Å²) in [7, 11) is 0. The van der Waals surface area contributed by atoms with Gasteiger partial charge in [-0.05, 0) is 49.7 Å². The van der Waals surface area contributed by atoms with Crippen molar-refractivity contribution in [1.29, 1.82) is 0 Å². The summed E-state index contributed by atoms with van der Waals surface area (Å²) < 4.78 is 6.33. The molecule has 1 aromatic heterocycles. The summed E-state index contributed by atoms with van der Waals surface area (Å²) in [4.78, 5) is 11.8. The second kappa shape index (κ2) is 6.38. The topological polar surface area (TPSA) is 54.3 Å². The molecule has 0 spiro atoms. The molecule has 0 radical (unpaired) electrons. The van der Waals surface area contributed by atoms with Gasteiger partial charge in [0.25, 0.3) is 0 Å². The molecule has 1 rings (SSSR count). The summed E-state index contributed by atoms with van der Waals surface area (Å²) >= 11 is 3.43. The molecule has 0 aliphatic carbocycles. The van der Waals surface area contributed by atoms with Crippen LogP contribution in [-0.2, 0) is 4.79 Å². The highest BCUT2D eigenvalue weighted by atomic mass is 79.9. The first-order valence-electron chi connectivity index (χ1n) is 6.13. The molecular formula is C13H21BrN2O2.